The zero-order chi connectivity index (χ0) is 15.1. The summed E-state index contributed by atoms with van der Waals surface area (Å²) in [5.74, 6) is -4.84. The third-order valence-corrected chi connectivity index (χ3v) is 2.37. The molecule has 0 heterocycles. The Hall–Kier alpha value is -1.22. The van der Waals surface area contributed by atoms with Crippen molar-refractivity contribution in [2.24, 2.45) is 0 Å². The molecule has 19 heavy (non-hydrogen) atoms. The van der Waals surface area contributed by atoms with Crippen LogP contribution in [0.2, 0.25) is 0 Å². The van der Waals surface area contributed by atoms with Crippen LogP contribution in [0.1, 0.15) is 20.3 Å². The molecule has 8 heteroatoms. The van der Waals surface area contributed by atoms with Crippen molar-refractivity contribution in [1.82, 2.24) is 0 Å². The van der Waals surface area contributed by atoms with Crippen molar-refractivity contribution in [2.45, 2.75) is 32.2 Å². The van der Waals surface area contributed by atoms with Gasteiger partial charge in [-0.1, -0.05) is 0 Å². The number of ether oxygens (including phenoxy) is 6. The lowest BCUT2D eigenvalue weighted by Gasteiger charge is -2.27. The van der Waals surface area contributed by atoms with Crippen molar-refractivity contribution in [2.75, 3.05) is 28.4 Å². The summed E-state index contributed by atoms with van der Waals surface area (Å²) >= 11 is 0. The average Bonchev–Trinajstić information content (AvgIpc) is 2.37. The molecule has 0 saturated carbocycles. The third-order valence-electron chi connectivity index (χ3n) is 2.37. The highest BCUT2D eigenvalue weighted by atomic mass is 16.9. The van der Waals surface area contributed by atoms with Gasteiger partial charge in [-0.25, -0.2) is 0 Å². The zero-order valence-electron chi connectivity index (χ0n) is 12.0. The first-order chi connectivity index (χ1) is 8.74. The Morgan fingerprint density at radius 3 is 1.21 bits per heavy atom. The number of rotatable bonds is 8. The van der Waals surface area contributed by atoms with Crippen LogP contribution in [0, 0.1) is 0 Å². The Kier molecular flexibility index (Phi) is 6.91. The molecule has 0 bridgehead atoms. The van der Waals surface area contributed by atoms with Gasteiger partial charge in [0.1, 0.15) is 6.42 Å². The van der Waals surface area contributed by atoms with Gasteiger partial charge < -0.3 is 28.4 Å². The molecule has 0 spiro atoms. The molecular formula is C11H20O8. The summed E-state index contributed by atoms with van der Waals surface area (Å²) in [6, 6.07) is 0. The number of methoxy groups -OCH3 is 4. The van der Waals surface area contributed by atoms with Crippen molar-refractivity contribution < 1.29 is 38.0 Å². The second kappa shape index (κ2) is 7.39. The normalized spacial score (nSPS) is 12.1. The van der Waals surface area contributed by atoms with E-state index in [4.69, 9.17) is 28.4 Å². The van der Waals surface area contributed by atoms with Gasteiger partial charge in [-0.2, -0.15) is 0 Å². The second-order valence-electron chi connectivity index (χ2n) is 3.67. The Morgan fingerprint density at radius 1 is 0.737 bits per heavy atom. The highest BCUT2D eigenvalue weighted by Gasteiger charge is 2.32. The van der Waals surface area contributed by atoms with Crippen molar-refractivity contribution in [1.29, 1.82) is 0 Å². The molecule has 0 atom stereocenters. The van der Waals surface area contributed by atoms with Crippen molar-refractivity contribution in [3.05, 3.63) is 0 Å². The van der Waals surface area contributed by atoms with Crippen LogP contribution >= 0.6 is 0 Å². The Bertz CT molecular complexity index is 276. The molecule has 0 fully saturated rings. The third kappa shape index (κ3) is 5.97. The van der Waals surface area contributed by atoms with E-state index < -0.39 is 30.3 Å². The van der Waals surface area contributed by atoms with Crippen LogP contribution in [0.25, 0.3) is 0 Å². The number of carbonyl (C=O) groups excluding carboxylic acids is 2. The fourth-order valence-electron chi connectivity index (χ4n) is 0.937. The molecule has 0 aromatic heterocycles. The topological polar surface area (TPSA) is 89.5 Å². The molecular weight excluding hydrogens is 260 g/mol. The van der Waals surface area contributed by atoms with Gasteiger partial charge in [-0.3, -0.25) is 9.59 Å². The highest BCUT2D eigenvalue weighted by Crippen LogP contribution is 2.15. The van der Waals surface area contributed by atoms with Crippen molar-refractivity contribution in [3.63, 3.8) is 0 Å². The van der Waals surface area contributed by atoms with Crippen LogP contribution < -0.4 is 0 Å². The van der Waals surface area contributed by atoms with Gasteiger partial charge in [0.05, 0.1) is 0 Å². The number of hydrogen-bond acceptors (Lipinski definition) is 8. The Balaban J connectivity index is 4.39. The summed E-state index contributed by atoms with van der Waals surface area (Å²) in [5, 5.41) is 0. The van der Waals surface area contributed by atoms with Crippen LogP contribution in [0.15, 0.2) is 0 Å². The first-order valence-corrected chi connectivity index (χ1v) is 5.38. The van der Waals surface area contributed by atoms with E-state index in [1.807, 2.05) is 0 Å². The van der Waals surface area contributed by atoms with E-state index in [1.165, 1.54) is 42.3 Å². The lowest BCUT2D eigenvalue weighted by atomic mass is 10.4. The summed E-state index contributed by atoms with van der Waals surface area (Å²) in [5.41, 5.74) is 0. The standard InChI is InChI=1S/C11H20O8/c1-10(14-3,15-4)18-8(12)7-9(13)19-11(2,16-5)17-6/h7H2,1-6H3. The highest BCUT2D eigenvalue weighted by molar-refractivity contribution is 5.91. The molecule has 8 nitrogen and oxygen atoms in total. The molecule has 0 N–H and O–H groups in total. The molecule has 0 aromatic rings. The zero-order valence-corrected chi connectivity index (χ0v) is 12.0. The predicted octanol–water partition coefficient (Wildman–Crippen LogP) is 0.396. The van der Waals surface area contributed by atoms with Gasteiger partial charge in [0.15, 0.2) is 0 Å². The minimum atomic E-state index is -1.55. The number of carbonyl (C=O) groups is 2. The fraction of sp³-hybridized carbons (Fsp3) is 0.818. The van der Waals surface area contributed by atoms with Gasteiger partial charge in [0.2, 0.25) is 0 Å². The Morgan fingerprint density at radius 2 is 1.00 bits per heavy atom. The maximum atomic E-state index is 11.5. The lowest BCUT2D eigenvalue weighted by Crippen LogP contribution is -2.39. The SMILES string of the molecule is COC(C)(OC)OC(=O)CC(=O)OC(C)(OC)OC. The molecule has 0 amide bonds. The summed E-state index contributed by atoms with van der Waals surface area (Å²) in [4.78, 5) is 23.0. The number of esters is 2. The molecule has 0 unspecified atom stereocenters. The second-order valence-corrected chi connectivity index (χ2v) is 3.67. The van der Waals surface area contributed by atoms with Crippen LogP contribution in [0.3, 0.4) is 0 Å². The van der Waals surface area contributed by atoms with Crippen molar-refractivity contribution in [3.8, 4) is 0 Å². The predicted molar refractivity (Wildman–Crippen MR) is 61.6 cm³/mol. The number of hydrogen-bond donors (Lipinski definition) is 0. The first-order valence-electron chi connectivity index (χ1n) is 5.38. The van der Waals surface area contributed by atoms with E-state index in [0.717, 1.165) is 0 Å². The quantitative estimate of drug-likeness (QED) is 0.358. The Labute approximate surface area is 111 Å². The van der Waals surface area contributed by atoms with E-state index >= 15 is 0 Å². The maximum absolute atomic E-state index is 11.5. The summed E-state index contributed by atoms with van der Waals surface area (Å²) < 4.78 is 28.9. The van der Waals surface area contributed by atoms with E-state index in [-0.39, 0.29) is 0 Å². The lowest BCUT2D eigenvalue weighted by molar-refractivity contribution is -0.337. The minimum absolute atomic E-state index is 0.634. The van der Waals surface area contributed by atoms with Gasteiger partial charge in [-0.15, -0.1) is 0 Å². The van der Waals surface area contributed by atoms with E-state index in [2.05, 4.69) is 0 Å². The average molecular weight is 280 g/mol. The monoisotopic (exact) mass is 280 g/mol. The molecule has 0 aromatic carbocycles. The summed E-state index contributed by atoms with van der Waals surface area (Å²) in [6.45, 7) is 2.76. The van der Waals surface area contributed by atoms with Crippen LogP contribution in [-0.4, -0.2) is 52.3 Å². The molecule has 0 aliphatic rings. The molecule has 0 rings (SSSR count). The summed E-state index contributed by atoms with van der Waals surface area (Å²) in [7, 11) is 5.17. The van der Waals surface area contributed by atoms with Gasteiger partial charge in [-0.05, 0) is 0 Å². The molecule has 0 aliphatic carbocycles. The largest absolute Gasteiger partial charge is 0.408 e. The smallest absolute Gasteiger partial charge is 0.325 e. The summed E-state index contributed by atoms with van der Waals surface area (Å²) in [6.07, 6.45) is -0.634. The van der Waals surface area contributed by atoms with Gasteiger partial charge in [0, 0.05) is 42.3 Å². The van der Waals surface area contributed by atoms with Crippen LogP contribution in [0.4, 0.5) is 0 Å². The first kappa shape index (κ1) is 17.8. The van der Waals surface area contributed by atoms with E-state index in [9.17, 15) is 9.59 Å². The molecule has 0 aliphatic heterocycles. The fourth-order valence-corrected chi connectivity index (χ4v) is 0.937. The molecule has 0 radical (unpaired) electrons. The maximum Gasteiger partial charge on any atom is 0.325 e. The van der Waals surface area contributed by atoms with E-state index in [1.54, 1.807) is 0 Å². The van der Waals surface area contributed by atoms with Gasteiger partial charge >= 0.3 is 23.9 Å². The molecule has 112 valence electrons. The molecule has 0 saturated heterocycles. The van der Waals surface area contributed by atoms with Crippen LogP contribution in [-0.2, 0) is 38.0 Å². The van der Waals surface area contributed by atoms with E-state index in [0.29, 0.717) is 0 Å². The van der Waals surface area contributed by atoms with Gasteiger partial charge in [0.25, 0.3) is 0 Å². The van der Waals surface area contributed by atoms with Crippen molar-refractivity contribution >= 4 is 11.9 Å². The van der Waals surface area contributed by atoms with Crippen LogP contribution in [0.5, 0.6) is 0 Å². The minimum Gasteiger partial charge on any atom is -0.408 e.